The van der Waals surface area contributed by atoms with E-state index in [1.165, 1.54) is 10.6 Å². The Bertz CT molecular complexity index is 872. The number of nitrogens with zero attached hydrogens (tertiary/aromatic N) is 2. The molecule has 4 rings (SSSR count). The number of hydrogen-bond donors (Lipinski definition) is 0. The molecule has 0 saturated carbocycles. The Morgan fingerprint density at radius 2 is 1.56 bits per heavy atom. The van der Waals surface area contributed by atoms with Gasteiger partial charge in [0.05, 0.1) is 6.04 Å². The minimum absolute atomic E-state index is 0.260. The molecule has 0 saturated heterocycles. The van der Waals surface area contributed by atoms with Crippen LogP contribution in [0.1, 0.15) is 24.7 Å². The average molecular weight is 374 g/mol. The predicted octanol–water partition coefficient (Wildman–Crippen LogP) is 4.27. The van der Waals surface area contributed by atoms with E-state index in [9.17, 15) is 0 Å². The summed E-state index contributed by atoms with van der Waals surface area (Å²) in [6.07, 6.45) is 1.90. The minimum atomic E-state index is -0.507. The second-order valence-electron chi connectivity index (χ2n) is 6.58. The second-order valence-corrected chi connectivity index (χ2v) is 8.78. The fourth-order valence-corrected chi connectivity index (χ4v) is 5.39. The molecule has 0 unspecified atom stereocenters. The van der Waals surface area contributed by atoms with Gasteiger partial charge in [-0.2, -0.15) is 0 Å². The highest BCUT2D eigenvalue weighted by atomic mass is 31.1. The van der Waals surface area contributed by atoms with Crippen LogP contribution in [0.5, 0.6) is 0 Å². The number of pyridine rings is 1. The normalized spacial score (nSPS) is 16.2. The van der Waals surface area contributed by atoms with Crippen LogP contribution in [0.25, 0.3) is 0 Å². The van der Waals surface area contributed by atoms with Gasteiger partial charge in [-0.1, -0.05) is 73.7 Å². The van der Waals surface area contributed by atoms with Crippen LogP contribution in [-0.4, -0.2) is 23.5 Å². The van der Waals surface area contributed by atoms with Gasteiger partial charge in [0.1, 0.15) is 12.3 Å². The van der Waals surface area contributed by atoms with E-state index in [4.69, 9.17) is 9.72 Å². The lowest BCUT2D eigenvalue weighted by molar-refractivity contribution is 0.314. The molecule has 4 heteroatoms. The van der Waals surface area contributed by atoms with Crippen molar-refractivity contribution in [3.63, 3.8) is 0 Å². The van der Waals surface area contributed by atoms with E-state index < -0.39 is 7.92 Å². The van der Waals surface area contributed by atoms with Crippen molar-refractivity contribution in [2.45, 2.75) is 25.5 Å². The average Bonchev–Trinajstić information content (AvgIpc) is 3.23. The van der Waals surface area contributed by atoms with Gasteiger partial charge in [-0.25, -0.2) is 9.98 Å². The van der Waals surface area contributed by atoms with Gasteiger partial charge in [-0.05, 0) is 37.1 Å². The van der Waals surface area contributed by atoms with Crippen molar-refractivity contribution in [3.05, 3.63) is 90.3 Å². The van der Waals surface area contributed by atoms with Crippen molar-refractivity contribution in [3.8, 4) is 0 Å². The minimum Gasteiger partial charge on any atom is -0.474 e. The monoisotopic (exact) mass is 374 g/mol. The number of ether oxygens (including phenoxy) is 1. The molecule has 3 aromatic rings. The molecule has 2 heterocycles. The standard InChI is InChI=1S/C23H23N2OP/c1-2-18-16-26-23(25-18)22-15-9-10-19(24-22)17-27(20-11-5-3-6-12-20)21-13-7-4-8-14-21/h3-15,18H,2,16-17H2,1H3/t18-/m1/s1. The van der Waals surface area contributed by atoms with Crippen molar-refractivity contribution in [1.29, 1.82) is 0 Å². The number of hydrogen-bond acceptors (Lipinski definition) is 3. The van der Waals surface area contributed by atoms with Gasteiger partial charge in [0.2, 0.25) is 5.90 Å². The van der Waals surface area contributed by atoms with Crippen molar-refractivity contribution >= 4 is 24.4 Å². The smallest absolute Gasteiger partial charge is 0.235 e. The van der Waals surface area contributed by atoms with E-state index in [2.05, 4.69) is 84.7 Å². The van der Waals surface area contributed by atoms with Gasteiger partial charge in [0.15, 0.2) is 0 Å². The molecule has 0 radical (unpaired) electrons. The van der Waals surface area contributed by atoms with Gasteiger partial charge in [0, 0.05) is 11.9 Å². The summed E-state index contributed by atoms with van der Waals surface area (Å²) in [6, 6.07) is 27.9. The summed E-state index contributed by atoms with van der Waals surface area (Å²) in [5.74, 6) is 0.687. The number of aliphatic imine (C=N–C) groups is 1. The molecular formula is C23H23N2OP. The Hall–Kier alpha value is -2.51. The molecule has 2 aromatic carbocycles. The number of aromatic nitrogens is 1. The molecule has 1 aliphatic heterocycles. The van der Waals surface area contributed by atoms with E-state index in [0.29, 0.717) is 12.5 Å². The molecule has 0 spiro atoms. The van der Waals surface area contributed by atoms with E-state index >= 15 is 0 Å². The predicted molar refractivity (Wildman–Crippen MR) is 114 cm³/mol. The quantitative estimate of drug-likeness (QED) is 0.604. The molecule has 0 bridgehead atoms. The molecular weight excluding hydrogens is 351 g/mol. The lowest BCUT2D eigenvalue weighted by Crippen LogP contribution is -2.14. The van der Waals surface area contributed by atoms with Crippen LogP contribution in [0, 0.1) is 0 Å². The SMILES string of the molecule is CC[C@@H]1COC(c2cccc(CP(c3ccccc3)c3ccccc3)n2)=N1. The van der Waals surface area contributed by atoms with Crippen LogP contribution in [-0.2, 0) is 10.9 Å². The fourth-order valence-electron chi connectivity index (χ4n) is 3.16. The van der Waals surface area contributed by atoms with Crippen molar-refractivity contribution in [2.24, 2.45) is 4.99 Å². The molecule has 0 fully saturated rings. The summed E-state index contributed by atoms with van der Waals surface area (Å²) in [5.41, 5.74) is 1.93. The van der Waals surface area contributed by atoms with Crippen LogP contribution < -0.4 is 10.6 Å². The van der Waals surface area contributed by atoms with E-state index in [-0.39, 0.29) is 6.04 Å². The number of benzene rings is 2. The maximum absolute atomic E-state index is 5.76. The molecule has 1 aliphatic rings. The first kappa shape index (κ1) is 17.9. The van der Waals surface area contributed by atoms with Gasteiger partial charge in [-0.15, -0.1) is 0 Å². The molecule has 27 heavy (non-hydrogen) atoms. The van der Waals surface area contributed by atoms with Crippen LogP contribution in [0.15, 0.2) is 83.9 Å². The zero-order valence-corrected chi connectivity index (χ0v) is 16.3. The highest BCUT2D eigenvalue weighted by Gasteiger charge is 2.20. The second kappa shape index (κ2) is 8.45. The Balaban J connectivity index is 1.63. The lowest BCUT2D eigenvalue weighted by Gasteiger charge is -2.18. The maximum Gasteiger partial charge on any atom is 0.235 e. The van der Waals surface area contributed by atoms with Crippen molar-refractivity contribution < 1.29 is 4.74 Å². The third-order valence-corrected chi connectivity index (χ3v) is 7.15. The summed E-state index contributed by atoms with van der Waals surface area (Å²) in [4.78, 5) is 9.53. The van der Waals surface area contributed by atoms with Crippen molar-refractivity contribution in [1.82, 2.24) is 4.98 Å². The first-order valence-corrected chi connectivity index (χ1v) is 10.9. The van der Waals surface area contributed by atoms with E-state index in [1.807, 2.05) is 6.07 Å². The fraction of sp³-hybridized carbons (Fsp3) is 0.217. The van der Waals surface area contributed by atoms with Gasteiger partial charge >= 0.3 is 0 Å². The summed E-state index contributed by atoms with van der Waals surface area (Å²) < 4.78 is 5.76. The zero-order valence-electron chi connectivity index (χ0n) is 15.5. The molecule has 136 valence electrons. The molecule has 0 aliphatic carbocycles. The Kier molecular flexibility index (Phi) is 5.60. The highest BCUT2D eigenvalue weighted by Crippen LogP contribution is 2.37. The summed E-state index contributed by atoms with van der Waals surface area (Å²) in [7, 11) is -0.507. The van der Waals surface area contributed by atoms with Crippen LogP contribution >= 0.6 is 7.92 Å². The summed E-state index contributed by atoms with van der Waals surface area (Å²) >= 11 is 0. The third kappa shape index (κ3) is 4.26. The van der Waals surface area contributed by atoms with Gasteiger partial charge in [-0.3, -0.25) is 0 Å². The topological polar surface area (TPSA) is 34.5 Å². The summed E-state index contributed by atoms with van der Waals surface area (Å²) in [5, 5.41) is 2.73. The highest BCUT2D eigenvalue weighted by molar-refractivity contribution is 7.72. The van der Waals surface area contributed by atoms with E-state index in [0.717, 1.165) is 24.0 Å². The Morgan fingerprint density at radius 1 is 0.889 bits per heavy atom. The third-order valence-electron chi connectivity index (χ3n) is 4.67. The molecule has 0 amide bonds. The Morgan fingerprint density at radius 3 is 2.15 bits per heavy atom. The van der Waals surface area contributed by atoms with Crippen LogP contribution in [0.2, 0.25) is 0 Å². The number of rotatable bonds is 6. The zero-order chi connectivity index (χ0) is 18.5. The molecule has 0 N–H and O–H groups in total. The van der Waals surface area contributed by atoms with E-state index in [1.54, 1.807) is 0 Å². The van der Waals surface area contributed by atoms with Crippen LogP contribution in [0.3, 0.4) is 0 Å². The Labute approximate surface area is 161 Å². The molecule has 3 nitrogen and oxygen atoms in total. The van der Waals surface area contributed by atoms with Crippen molar-refractivity contribution in [2.75, 3.05) is 6.61 Å². The maximum atomic E-state index is 5.76. The van der Waals surface area contributed by atoms with Crippen LogP contribution in [0.4, 0.5) is 0 Å². The molecule has 1 aromatic heterocycles. The largest absolute Gasteiger partial charge is 0.474 e. The van der Waals surface area contributed by atoms with Gasteiger partial charge < -0.3 is 4.74 Å². The summed E-state index contributed by atoms with van der Waals surface area (Å²) in [6.45, 7) is 2.80. The van der Waals surface area contributed by atoms with Gasteiger partial charge in [0.25, 0.3) is 0 Å². The first-order valence-electron chi connectivity index (χ1n) is 9.38. The molecule has 1 atom stereocenters. The lowest BCUT2D eigenvalue weighted by atomic mass is 10.3. The first-order chi connectivity index (χ1) is 13.3.